The van der Waals surface area contributed by atoms with Crippen molar-refractivity contribution >= 4 is 33.4 Å². The maximum Gasteiger partial charge on any atom is 0.287 e. The van der Waals surface area contributed by atoms with Gasteiger partial charge in [0, 0.05) is 24.8 Å². The van der Waals surface area contributed by atoms with E-state index in [4.69, 9.17) is 14.6 Å². The molecule has 198 valence electrons. The van der Waals surface area contributed by atoms with E-state index >= 15 is 0 Å². The summed E-state index contributed by atoms with van der Waals surface area (Å²) in [5.41, 5.74) is 0.926. The number of aromatic nitrogens is 2. The first kappa shape index (κ1) is 26.7. The van der Waals surface area contributed by atoms with Gasteiger partial charge >= 0.3 is 0 Å². The number of carbonyl (C=O) groups is 2. The lowest BCUT2D eigenvalue weighted by molar-refractivity contribution is -0.124. The number of aliphatic hydroxyl groups is 1. The van der Waals surface area contributed by atoms with Crippen LogP contribution in [-0.2, 0) is 22.7 Å². The van der Waals surface area contributed by atoms with Gasteiger partial charge in [-0.25, -0.2) is 9.37 Å². The molecule has 1 saturated carbocycles. The summed E-state index contributed by atoms with van der Waals surface area (Å²) in [7, 11) is 1.36. The van der Waals surface area contributed by atoms with Gasteiger partial charge in [0.15, 0.2) is 11.6 Å². The van der Waals surface area contributed by atoms with Gasteiger partial charge in [0.05, 0.1) is 19.1 Å². The van der Waals surface area contributed by atoms with Crippen molar-refractivity contribution in [1.29, 1.82) is 0 Å². The van der Waals surface area contributed by atoms with Gasteiger partial charge < -0.3 is 30.2 Å². The third-order valence-corrected chi connectivity index (χ3v) is 7.29. The molecular formula is C25H29FN4O6S. The van der Waals surface area contributed by atoms with Crippen LogP contribution in [0.4, 0.5) is 4.39 Å². The molecule has 0 bridgehead atoms. The second-order valence-corrected chi connectivity index (χ2v) is 9.82. The number of hydrogen-bond donors (Lipinski definition) is 4. The van der Waals surface area contributed by atoms with Gasteiger partial charge in [-0.15, -0.1) is 11.3 Å². The summed E-state index contributed by atoms with van der Waals surface area (Å²) in [6, 6.07) is 4.36. The van der Waals surface area contributed by atoms with E-state index in [0.717, 1.165) is 25.7 Å². The number of rotatable bonds is 10. The first-order valence-electron chi connectivity index (χ1n) is 12.0. The van der Waals surface area contributed by atoms with Gasteiger partial charge in [-0.2, -0.15) is 0 Å². The van der Waals surface area contributed by atoms with E-state index in [1.807, 2.05) is 0 Å². The number of ether oxygens (including phenoxy) is 2. The van der Waals surface area contributed by atoms with E-state index in [2.05, 4.69) is 20.6 Å². The fraction of sp³-hybridized carbons (Fsp3) is 0.440. The molecule has 37 heavy (non-hydrogen) atoms. The Morgan fingerprint density at radius 2 is 2.05 bits per heavy atom. The molecule has 1 aromatic carbocycles. The van der Waals surface area contributed by atoms with E-state index in [0.29, 0.717) is 33.9 Å². The molecule has 2 heterocycles. The zero-order valence-corrected chi connectivity index (χ0v) is 21.2. The van der Waals surface area contributed by atoms with Gasteiger partial charge in [-0.3, -0.25) is 14.4 Å². The predicted octanol–water partition coefficient (Wildman–Crippen LogP) is 2.25. The minimum absolute atomic E-state index is 0.0762. The Labute approximate surface area is 216 Å². The highest BCUT2D eigenvalue weighted by Crippen LogP contribution is 2.26. The number of halogens is 1. The van der Waals surface area contributed by atoms with E-state index in [9.17, 15) is 18.8 Å². The van der Waals surface area contributed by atoms with Crippen LogP contribution in [0.3, 0.4) is 0 Å². The summed E-state index contributed by atoms with van der Waals surface area (Å²) in [5, 5.41) is 16.5. The van der Waals surface area contributed by atoms with Crippen LogP contribution in [0, 0.1) is 11.7 Å². The van der Waals surface area contributed by atoms with Crippen molar-refractivity contribution in [2.24, 2.45) is 5.92 Å². The number of carbonyl (C=O) groups excluding carboxylic acids is 2. The number of H-pyrrole nitrogens is 1. The maximum absolute atomic E-state index is 13.6. The molecule has 1 aliphatic carbocycles. The zero-order chi connectivity index (χ0) is 26.4. The molecule has 4 rings (SSSR count). The van der Waals surface area contributed by atoms with Crippen molar-refractivity contribution in [3.8, 4) is 5.75 Å². The van der Waals surface area contributed by atoms with Gasteiger partial charge in [-0.05, 0) is 54.7 Å². The Bertz CT molecular complexity index is 1320. The number of benzene rings is 1. The minimum atomic E-state index is -0.556. The second-order valence-electron chi connectivity index (χ2n) is 8.97. The number of hydrogen-bond acceptors (Lipinski definition) is 8. The summed E-state index contributed by atoms with van der Waals surface area (Å²) in [6.07, 6.45) is 3.49. The topological polar surface area (TPSA) is 143 Å². The summed E-state index contributed by atoms with van der Waals surface area (Å²) in [5.74, 6) is -1.07. The molecule has 10 nitrogen and oxygen atoms in total. The van der Waals surface area contributed by atoms with Gasteiger partial charge in [0.1, 0.15) is 11.4 Å². The third kappa shape index (κ3) is 6.70. The smallest absolute Gasteiger partial charge is 0.287 e. The molecule has 2 aromatic heterocycles. The predicted molar refractivity (Wildman–Crippen MR) is 135 cm³/mol. The molecule has 3 aromatic rings. The van der Waals surface area contributed by atoms with Crippen molar-refractivity contribution in [3.05, 3.63) is 56.7 Å². The van der Waals surface area contributed by atoms with Crippen LogP contribution in [0.25, 0.3) is 10.2 Å². The van der Waals surface area contributed by atoms with Crippen LogP contribution in [0.15, 0.2) is 28.4 Å². The van der Waals surface area contributed by atoms with Crippen molar-refractivity contribution in [2.75, 3.05) is 20.3 Å². The number of nitrogens with one attached hydrogen (secondary N) is 3. The quantitative estimate of drug-likeness (QED) is 0.314. The van der Waals surface area contributed by atoms with Crippen molar-refractivity contribution in [2.45, 2.75) is 44.9 Å². The first-order chi connectivity index (χ1) is 17.9. The Morgan fingerprint density at radius 3 is 2.78 bits per heavy atom. The Balaban J connectivity index is 1.31. The lowest BCUT2D eigenvalue weighted by Gasteiger charge is -2.28. The Hall–Kier alpha value is -3.35. The highest BCUT2D eigenvalue weighted by atomic mass is 32.1. The fourth-order valence-electron chi connectivity index (χ4n) is 4.38. The van der Waals surface area contributed by atoms with E-state index in [-0.39, 0.29) is 36.7 Å². The molecule has 0 spiro atoms. The highest BCUT2D eigenvalue weighted by Gasteiger charge is 2.23. The number of fused-ring (bicyclic) bond motifs is 1. The number of thiophene rings is 1. The standard InChI is InChI=1S/C25H29FN4O6S/c1-35-19-8-15(4-7-18(19)26)9-27-24(34)22-29-23(33)21-16(13-37-25(21)30-22)12-36-11-14-2-5-17(6-3-14)28-20(32)10-31/h4,7-8,13-14,17,31H,2-3,5-6,9-12H2,1H3,(H,27,34)(H,28,32)(H,29,30,33). The zero-order valence-electron chi connectivity index (χ0n) is 20.3. The maximum atomic E-state index is 13.6. The molecule has 12 heteroatoms. The monoisotopic (exact) mass is 532 g/mol. The summed E-state index contributed by atoms with van der Waals surface area (Å²) >= 11 is 1.26. The molecule has 0 radical (unpaired) electrons. The molecule has 4 N–H and O–H groups in total. The minimum Gasteiger partial charge on any atom is -0.494 e. The van der Waals surface area contributed by atoms with E-state index < -0.39 is 23.9 Å². The molecular weight excluding hydrogens is 503 g/mol. The molecule has 1 aliphatic rings. The van der Waals surface area contributed by atoms with Crippen molar-refractivity contribution in [3.63, 3.8) is 0 Å². The van der Waals surface area contributed by atoms with E-state index in [1.54, 1.807) is 5.38 Å². The van der Waals surface area contributed by atoms with Crippen molar-refractivity contribution < 1.29 is 28.6 Å². The lowest BCUT2D eigenvalue weighted by atomic mass is 9.86. The normalized spacial score (nSPS) is 17.5. The van der Waals surface area contributed by atoms with E-state index in [1.165, 1.54) is 36.6 Å². The average Bonchev–Trinajstić information content (AvgIpc) is 3.32. The largest absolute Gasteiger partial charge is 0.494 e. The van der Waals surface area contributed by atoms with Gasteiger partial charge in [0.25, 0.3) is 11.5 Å². The number of amides is 2. The molecule has 0 atom stereocenters. The van der Waals surface area contributed by atoms with Gasteiger partial charge in [-0.1, -0.05) is 6.07 Å². The highest BCUT2D eigenvalue weighted by molar-refractivity contribution is 7.16. The van der Waals surface area contributed by atoms with Gasteiger partial charge in [0.2, 0.25) is 11.7 Å². The number of aromatic amines is 1. The van der Waals surface area contributed by atoms with Crippen LogP contribution < -0.4 is 20.9 Å². The molecule has 0 aliphatic heterocycles. The average molecular weight is 533 g/mol. The first-order valence-corrected chi connectivity index (χ1v) is 12.8. The molecule has 2 amide bonds. The summed E-state index contributed by atoms with van der Waals surface area (Å²) in [4.78, 5) is 44.0. The molecule has 0 unspecified atom stereocenters. The van der Waals surface area contributed by atoms with Crippen LogP contribution >= 0.6 is 11.3 Å². The van der Waals surface area contributed by atoms with Crippen LogP contribution in [0.1, 0.15) is 47.4 Å². The number of nitrogens with zero attached hydrogens (tertiary/aromatic N) is 1. The number of aliphatic hydroxyl groups excluding tert-OH is 1. The van der Waals surface area contributed by atoms with Crippen LogP contribution in [0.2, 0.25) is 0 Å². The molecule has 0 saturated heterocycles. The number of methoxy groups -OCH3 is 1. The lowest BCUT2D eigenvalue weighted by Crippen LogP contribution is -2.39. The van der Waals surface area contributed by atoms with Crippen LogP contribution in [-0.4, -0.2) is 53.3 Å². The summed E-state index contributed by atoms with van der Waals surface area (Å²) in [6.45, 7) is 0.405. The third-order valence-electron chi connectivity index (χ3n) is 6.37. The fourth-order valence-corrected chi connectivity index (χ4v) is 5.31. The Morgan fingerprint density at radius 1 is 1.27 bits per heavy atom. The summed E-state index contributed by atoms with van der Waals surface area (Å²) < 4.78 is 24.4. The van der Waals surface area contributed by atoms with Crippen LogP contribution in [0.5, 0.6) is 5.75 Å². The molecule has 1 fully saturated rings. The SMILES string of the molecule is COc1cc(CNC(=O)c2nc3scc(COCC4CCC(NC(=O)CO)CC4)c3c(=O)[nH]2)ccc1F. The van der Waals surface area contributed by atoms with Crippen molar-refractivity contribution in [1.82, 2.24) is 20.6 Å². The Kier molecular flexibility index (Phi) is 8.85. The second kappa shape index (κ2) is 12.3.